The maximum absolute atomic E-state index is 10.6. The van der Waals surface area contributed by atoms with Crippen molar-refractivity contribution in [1.82, 2.24) is 4.90 Å². The molecule has 0 heterocycles. The minimum atomic E-state index is -0.495. The Morgan fingerprint density at radius 3 is 2.25 bits per heavy atom. The smallest absolute Gasteiger partial charge is 0.234 e. The van der Waals surface area contributed by atoms with Crippen molar-refractivity contribution in [2.75, 3.05) is 19.6 Å². The summed E-state index contributed by atoms with van der Waals surface area (Å²) in [5, 5.41) is 0. The second-order valence-electron chi connectivity index (χ2n) is 2.82. The Labute approximate surface area is 73.9 Å². The normalized spacial score (nSPS) is 13.3. The Morgan fingerprint density at radius 2 is 1.92 bits per heavy atom. The van der Waals surface area contributed by atoms with Crippen molar-refractivity contribution in [2.45, 2.75) is 26.3 Å². The number of hydrogen-bond donors (Lipinski definition) is 2. The van der Waals surface area contributed by atoms with E-state index in [9.17, 15) is 4.79 Å². The van der Waals surface area contributed by atoms with Gasteiger partial charge in [-0.25, -0.2) is 0 Å². The van der Waals surface area contributed by atoms with Gasteiger partial charge in [-0.15, -0.1) is 0 Å². The van der Waals surface area contributed by atoms with Crippen LogP contribution in [0.25, 0.3) is 0 Å². The van der Waals surface area contributed by atoms with Gasteiger partial charge in [-0.1, -0.05) is 13.8 Å². The van der Waals surface area contributed by atoms with E-state index in [2.05, 4.69) is 18.7 Å². The quantitative estimate of drug-likeness (QED) is 0.570. The lowest BCUT2D eigenvalue weighted by Crippen LogP contribution is -2.39. The molecule has 12 heavy (non-hydrogen) atoms. The molecule has 0 aromatic heterocycles. The Bertz CT molecular complexity index is 134. The Hall–Kier alpha value is -0.610. The molecule has 0 bridgehead atoms. The third-order valence-corrected chi connectivity index (χ3v) is 2.02. The Kier molecular flexibility index (Phi) is 5.66. The summed E-state index contributed by atoms with van der Waals surface area (Å²) in [6.07, 6.45) is 0.650. The molecule has 4 heteroatoms. The topological polar surface area (TPSA) is 72.3 Å². The van der Waals surface area contributed by atoms with E-state index in [1.54, 1.807) is 0 Å². The molecule has 0 saturated heterocycles. The van der Waals surface area contributed by atoms with Crippen molar-refractivity contribution < 1.29 is 4.79 Å². The zero-order valence-electron chi connectivity index (χ0n) is 7.92. The molecule has 0 rings (SSSR count). The zero-order chi connectivity index (χ0) is 9.56. The second-order valence-corrected chi connectivity index (χ2v) is 2.82. The molecule has 1 atom stereocenters. The average Bonchev–Trinajstić information content (AvgIpc) is 2.05. The van der Waals surface area contributed by atoms with Gasteiger partial charge in [0, 0.05) is 6.54 Å². The monoisotopic (exact) mass is 173 g/mol. The predicted octanol–water partition coefficient (Wildman–Crippen LogP) is -0.469. The molecule has 0 aliphatic carbocycles. The number of primary amides is 1. The first-order valence-corrected chi connectivity index (χ1v) is 4.39. The molecular formula is C8H19N3O. The maximum atomic E-state index is 10.6. The van der Waals surface area contributed by atoms with Gasteiger partial charge in [-0.05, 0) is 19.5 Å². The fourth-order valence-electron chi connectivity index (χ4n) is 1.00. The third-order valence-electron chi connectivity index (χ3n) is 2.02. The first-order chi connectivity index (χ1) is 5.61. The van der Waals surface area contributed by atoms with Crippen molar-refractivity contribution in [2.24, 2.45) is 11.5 Å². The van der Waals surface area contributed by atoms with Gasteiger partial charge in [0.25, 0.3) is 0 Å². The molecule has 0 spiro atoms. The van der Waals surface area contributed by atoms with E-state index in [0.717, 1.165) is 19.6 Å². The molecule has 0 aliphatic rings. The Morgan fingerprint density at radius 1 is 1.42 bits per heavy atom. The van der Waals surface area contributed by atoms with Crippen molar-refractivity contribution in [3.05, 3.63) is 0 Å². The van der Waals surface area contributed by atoms with Crippen molar-refractivity contribution >= 4 is 5.91 Å². The predicted molar refractivity (Wildman–Crippen MR) is 49.6 cm³/mol. The number of nitrogens with two attached hydrogens (primary N) is 2. The number of amides is 1. The van der Waals surface area contributed by atoms with Crippen LogP contribution in [-0.4, -0.2) is 36.5 Å². The molecule has 0 aromatic carbocycles. The van der Waals surface area contributed by atoms with Gasteiger partial charge < -0.3 is 16.4 Å². The van der Waals surface area contributed by atoms with Crippen LogP contribution in [0, 0.1) is 0 Å². The number of rotatable bonds is 6. The van der Waals surface area contributed by atoms with Crippen LogP contribution in [0.5, 0.6) is 0 Å². The first-order valence-electron chi connectivity index (χ1n) is 4.39. The molecule has 0 fully saturated rings. The summed E-state index contributed by atoms with van der Waals surface area (Å²) in [4.78, 5) is 12.8. The van der Waals surface area contributed by atoms with Crippen molar-refractivity contribution in [1.29, 1.82) is 0 Å². The molecule has 0 aliphatic heterocycles. The van der Waals surface area contributed by atoms with Crippen molar-refractivity contribution in [3.8, 4) is 0 Å². The van der Waals surface area contributed by atoms with E-state index >= 15 is 0 Å². The number of hydrogen-bond acceptors (Lipinski definition) is 3. The van der Waals surface area contributed by atoms with Crippen LogP contribution in [0.1, 0.15) is 20.3 Å². The highest BCUT2D eigenvalue weighted by Gasteiger charge is 2.09. The number of carbonyl (C=O) groups excluding carboxylic acids is 1. The number of carbonyl (C=O) groups is 1. The highest BCUT2D eigenvalue weighted by Crippen LogP contribution is 1.93. The fourth-order valence-corrected chi connectivity index (χ4v) is 1.00. The highest BCUT2D eigenvalue weighted by atomic mass is 16.1. The molecule has 0 saturated carbocycles. The minimum Gasteiger partial charge on any atom is -0.368 e. The standard InChI is InChI=1S/C8H19N3O/c1-3-11(4-2)6-5-7(9)8(10)12/h7H,3-6,9H2,1-2H3,(H2,10,12). The second kappa shape index (κ2) is 5.97. The summed E-state index contributed by atoms with van der Waals surface area (Å²) in [5.74, 6) is -0.415. The molecule has 1 amide bonds. The summed E-state index contributed by atoms with van der Waals surface area (Å²) >= 11 is 0. The van der Waals surface area contributed by atoms with Crippen LogP contribution in [0.15, 0.2) is 0 Å². The van der Waals surface area contributed by atoms with Crippen LogP contribution in [-0.2, 0) is 4.79 Å². The van der Waals surface area contributed by atoms with E-state index in [4.69, 9.17) is 11.5 Å². The lowest BCUT2D eigenvalue weighted by molar-refractivity contribution is -0.119. The molecule has 72 valence electrons. The molecule has 0 aromatic rings. The summed E-state index contributed by atoms with van der Waals surface area (Å²) in [6, 6.07) is -0.495. The summed E-state index contributed by atoms with van der Waals surface area (Å²) in [6.45, 7) is 6.99. The van der Waals surface area contributed by atoms with E-state index in [1.807, 2.05) is 0 Å². The molecular weight excluding hydrogens is 154 g/mol. The largest absolute Gasteiger partial charge is 0.368 e. The fraction of sp³-hybridized carbons (Fsp3) is 0.875. The number of nitrogens with zero attached hydrogens (tertiary/aromatic N) is 1. The van der Waals surface area contributed by atoms with Gasteiger partial charge in [0.15, 0.2) is 0 Å². The average molecular weight is 173 g/mol. The van der Waals surface area contributed by atoms with Crippen LogP contribution in [0.4, 0.5) is 0 Å². The van der Waals surface area contributed by atoms with E-state index in [0.29, 0.717) is 6.42 Å². The van der Waals surface area contributed by atoms with Crippen molar-refractivity contribution in [3.63, 3.8) is 0 Å². The molecule has 4 nitrogen and oxygen atoms in total. The van der Waals surface area contributed by atoms with Gasteiger partial charge in [0.2, 0.25) is 5.91 Å². The zero-order valence-corrected chi connectivity index (χ0v) is 7.92. The van der Waals surface area contributed by atoms with Gasteiger partial charge in [0.1, 0.15) is 0 Å². The van der Waals surface area contributed by atoms with E-state index < -0.39 is 11.9 Å². The molecule has 1 unspecified atom stereocenters. The van der Waals surface area contributed by atoms with Crippen LogP contribution >= 0.6 is 0 Å². The van der Waals surface area contributed by atoms with E-state index in [1.165, 1.54) is 0 Å². The highest BCUT2D eigenvalue weighted by molar-refractivity contribution is 5.79. The van der Waals surface area contributed by atoms with Crippen LogP contribution < -0.4 is 11.5 Å². The van der Waals surface area contributed by atoms with Crippen LogP contribution in [0.3, 0.4) is 0 Å². The Balaban J connectivity index is 3.58. The van der Waals surface area contributed by atoms with Gasteiger partial charge in [-0.3, -0.25) is 4.79 Å². The van der Waals surface area contributed by atoms with Gasteiger partial charge in [-0.2, -0.15) is 0 Å². The first kappa shape index (κ1) is 11.4. The van der Waals surface area contributed by atoms with E-state index in [-0.39, 0.29) is 0 Å². The summed E-state index contributed by atoms with van der Waals surface area (Å²) in [7, 11) is 0. The lowest BCUT2D eigenvalue weighted by Gasteiger charge is -2.18. The third kappa shape index (κ3) is 4.31. The van der Waals surface area contributed by atoms with Crippen LogP contribution in [0.2, 0.25) is 0 Å². The summed E-state index contributed by atoms with van der Waals surface area (Å²) in [5.41, 5.74) is 10.5. The van der Waals surface area contributed by atoms with Gasteiger partial charge in [0.05, 0.1) is 6.04 Å². The molecule has 4 N–H and O–H groups in total. The van der Waals surface area contributed by atoms with Gasteiger partial charge >= 0.3 is 0 Å². The molecule has 0 radical (unpaired) electrons. The minimum absolute atomic E-state index is 0.415. The maximum Gasteiger partial charge on any atom is 0.234 e. The SMILES string of the molecule is CCN(CC)CCC(N)C(N)=O. The summed E-state index contributed by atoms with van der Waals surface area (Å²) < 4.78 is 0. The lowest BCUT2D eigenvalue weighted by atomic mass is 10.2.